The molecule has 0 aliphatic rings. The average Bonchev–Trinajstić information content (AvgIpc) is 1.65. The summed E-state index contributed by atoms with van der Waals surface area (Å²) in [7, 11) is -0.611. The second-order valence-electron chi connectivity index (χ2n) is 1.12. The van der Waals surface area contributed by atoms with Crippen molar-refractivity contribution in [3.8, 4) is 0 Å². The minimum absolute atomic E-state index is 0.611. The van der Waals surface area contributed by atoms with E-state index < -0.39 is 10.8 Å². The van der Waals surface area contributed by atoms with Crippen molar-refractivity contribution in [2.45, 2.75) is 0 Å². The van der Waals surface area contributed by atoms with Gasteiger partial charge in [-0.2, -0.15) is 0 Å². The van der Waals surface area contributed by atoms with Gasteiger partial charge in [-0.05, 0) is 0 Å². The summed E-state index contributed by atoms with van der Waals surface area (Å²) in [4.78, 5) is 0. The summed E-state index contributed by atoms with van der Waals surface area (Å²) in [6.45, 7) is 0. The summed E-state index contributed by atoms with van der Waals surface area (Å²) < 4.78 is 9.56. The lowest BCUT2D eigenvalue weighted by Crippen LogP contribution is -1.70. The van der Waals surface area contributed by atoms with E-state index in [9.17, 15) is 4.21 Å². The Morgan fingerprint density at radius 2 is 1.38 bits per heavy atom. The summed E-state index contributed by atoms with van der Waals surface area (Å²) in [6, 6.07) is 0. The number of halogens is 2. The van der Waals surface area contributed by atoms with Crippen molar-refractivity contribution >= 4 is 42.7 Å². The molecule has 0 aromatic carbocycles. The normalized spacial score (nSPS) is 8.12. The van der Waals surface area contributed by atoms with Crippen molar-refractivity contribution in [3.05, 3.63) is 0 Å². The smallest absolute Gasteiger partial charge is 0.0148 e. The van der Waals surface area contributed by atoms with Crippen LogP contribution in [0.4, 0.5) is 0 Å². The zero-order valence-electron chi connectivity index (χ0n) is 4.99. The molecule has 0 aliphatic heterocycles. The second-order valence-corrected chi connectivity index (χ2v) is 4.19. The lowest BCUT2D eigenvalue weighted by atomic mass is 11.0. The van der Waals surface area contributed by atoms with Gasteiger partial charge in [-0.1, -0.05) is 31.9 Å². The molecule has 0 aliphatic carbocycles. The molecular formula is C4H10Br2OS. The summed E-state index contributed by atoms with van der Waals surface area (Å²) in [5.74, 6) is 0. The molecule has 0 saturated carbocycles. The van der Waals surface area contributed by atoms with Crippen molar-refractivity contribution in [1.29, 1.82) is 0 Å². The quantitative estimate of drug-likeness (QED) is 0.661. The third-order valence-corrected chi connectivity index (χ3v) is 1.93. The van der Waals surface area contributed by atoms with E-state index in [1.807, 2.05) is 0 Å². The summed E-state index contributed by atoms with van der Waals surface area (Å²) in [5.41, 5.74) is 0. The van der Waals surface area contributed by atoms with Crippen LogP contribution in [0, 0.1) is 0 Å². The molecule has 0 atom stereocenters. The van der Waals surface area contributed by atoms with Crippen LogP contribution in [0.2, 0.25) is 0 Å². The van der Waals surface area contributed by atoms with Crippen LogP contribution in [0.15, 0.2) is 0 Å². The van der Waals surface area contributed by atoms with Gasteiger partial charge >= 0.3 is 0 Å². The van der Waals surface area contributed by atoms with E-state index in [1.165, 1.54) is 0 Å². The van der Waals surface area contributed by atoms with Crippen LogP contribution >= 0.6 is 31.9 Å². The van der Waals surface area contributed by atoms with E-state index >= 15 is 0 Å². The van der Waals surface area contributed by atoms with Crippen molar-refractivity contribution < 1.29 is 4.21 Å². The Morgan fingerprint density at radius 3 is 1.38 bits per heavy atom. The molecule has 0 saturated heterocycles. The molecule has 0 rings (SSSR count). The van der Waals surface area contributed by atoms with Crippen LogP contribution in [0.1, 0.15) is 0 Å². The highest BCUT2D eigenvalue weighted by molar-refractivity contribution is 9.11. The van der Waals surface area contributed by atoms with E-state index in [1.54, 1.807) is 12.5 Å². The first-order chi connectivity index (χ1) is 3.65. The van der Waals surface area contributed by atoms with Gasteiger partial charge in [0.05, 0.1) is 0 Å². The Bertz CT molecular complexity index is 52.0. The summed E-state index contributed by atoms with van der Waals surface area (Å²) in [5, 5.41) is 2.10. The maximum absolute atomic E-state index is 9.56. The largest absolute Gasteiger partial charge is 0.260 e. The van der Waals surface area contributed by atoms with Gasteiger partial charge in [0.1, 0.15) is 0 Å². The molecule has 0 unspecified atom stereocenters. The van der Waals surface area contributed by atoms with Gasteiger partial charge in [-0.15, -0.1) is 0 Å². The van der Waals surface area contributed by atoms with Crippen LogP contribution in [0.3, 0.4) is 0 Å². The summed E-state index contributed by atoms with van der Waals surface area (Å²) >= 11 is 6.40. The topological polar surface area (TPSA) is 17.1 Å². The molecule has 0 radical (unpaired) electrons. The SMILES string of the molecule is BrCCBr.CS(C)=O. The molecule has 0 amide bonds. The molecule has 52 valence electrons. The molecular weight excluding hydrogens is 256 g/mol. The van der Waals surface area contributed by atoms with Crippen molar-refractivity contribution in [3.63, 3.8) is 0 Å². The molecule has 0 N–H and O–H groups in total. The van der Waals surface area contributed by atoms with Gasteiger partial charge < -0.3 is 0 Å². The first-order valence-corrected chi connectivity index (χ1v) is 6.23. The minimum atomic E-state index is -0.611. The molecule has 0 bridgehead atoms. The monoisotopic (exact) mass is 264 g/mol. The predicted molar refractivity (Wildman–Crippen MR) is 47.6 cm³/mol. The maximum Gasteiger partial charge on any atom is 0.0148 e. The highest BCUT2D eigenvalue weighted by Gasteiger charge is 1.60. The fraction of sp³-hybridized carbons (Fsp3) is 1.00. The van der Waals surface area contributed by atoms with Gasteiger partial charge in [0.25, 0.3) is 0 Å². The Balaban J connectivity index is 0. The maximum atomic E-state index is 9.56. The zero-order valence-corrected chi connectivity index (χ0v) is 8.98. The van der Waals surface area contributed by atoms with Crippen LogP contribution in [0.25, 0.3) is 0 Å². The molecule has 4 heteroatoms. The van der Waals surface area contributed by atoms with Gasteiger partial charge in [0.2, 0.25) is 0 Å². The molecule has 8 heavy (non-hydrogen) atoms. The molecule has 0 fully saturated rings. The lowest BCUT2D eigenvalue weighted by molar-refractivity contribution is 0.690. The van der Waals surface area contributed by atoms with Crippen molar-refractivity contribution in [2.75, 3.05) is 23.2 Å². The van der Waals surface area contributed by atoms with Gasteiger partial charge in [0.15, 0.2) is 0 Å². The number of hydrogen-bond acceptors (Lipinski definition) is 1. The van der Waals surface area contributed by atoms with Gasteiger partial charge in [0, 0.05) is 34.0 Å². The van der Waals surface area contributed by atoms with Gasteiger partial charge in [-0.3, -0.25) is 4.21 Å². The lowest BCUT2D eigenvalue weighted by Gasteiger charge is -1.63. The van der Waals surface area contributed by atoms with E-state index in [0.29, 0.717) is 0 Å². The number of hydrogen-bond donors (Lipinski definition) is 0. The van der Waals surface area contributed by atoms with Crippen LogP contribution in [-0.4, -0.2) is 27.4 Å². The highest BCUT2D eigenvalue weighted by Crippen LogP contribution is 1.82. The van der Waals surface area contributed by atoms with Crippen LogP contribution in [0.5, 0.6) is 0 Å². The van der Waals surface area contributed by atoms with Crippen LogP contribution in [-0.2, 0) is 10.8 Å². The summed E-state index contributed by atoms with van der Waals surface area (Å²) in [6.07, 6.45) is 3.28. The Morgan fingerprint density at radius 1 is 1.25 bits per heavy atom. The van der Waals surface area contributed by atoms with E-state index in [0.717, 1.165) is 10.7 Å². The van der Waals surface area contributed by atoms with Crippen LogP contribution < -0.4 is 0 Å². The minimum Gasteiger partial charge on any atom is -0.260 e. The second kappa shape index (κ2) is 11.0. The fourth-order valence-corrected chi connectivity index (χ4v) is 0. The number of rotatable bonds is 1. The predicted octanol–water partition coefficient (Wildman–Crippen LogP) is 1.77. The molecule has 0 heterocycles. The molecule has 0 spiro atoms. The molecule has 0 aromatic heterocycles. The first kappa shape index (κ1) is 11.9. The van der Waals surface area contributed by atoms with Gasteiger partial charge in [-0.25, -0.2) is 0 Å². The fourth-order valence-electron chi connectivity index (χ4n) is 0. The average molecular weight is 266 g/mol. The molecule has 1 nitrogen and oxygen atoms in total. The van der Waals surface area contributed by atoms with E-state index in [-0.39, 0.29) is 0 Å². The van der Waals surface area contributed by atoms with Crippen molar-refractivity contribution in [1.82, 2.24) is 0 Å². The zero-order chi connectivity index (χ0) is 6.99. The third kappa shape index (κ3) is 59.6. The third-order valence-electron chi connectivity index (χ3n) is 0.0714. The Labute approximate surface area is 69.9 Å². The van der Waals surface area contributed by atoms with Crippen molar-refractivity contribution in [2.24, 2.45) is 0 Å². The van der Waals surface area contributed by atoms with E-state index in [4.69, 9.17) is 0 Å². The standard InChI is InChI=1S/C2H4Br2.C2H6OS/c3-1-2-4;1-4(2)3/h1-2H2;1-2H3. The number of alkyl halides is 2. The molecule has 0 aromatic rings. The Kier molecular flexibility index (Phi) is 16.3. The first-order valence-electron chi connectivity index (χ1n) is 2.02. The Hall–Kier alpha value is 1.11. The highest BCUT2D eigenvalue weighted by atomic mass is 79.9. The van der Waals surface area contributed by atoms with E-state index in [2.05, 4.69) is 31.9 Å².